The van der Waals surface area contributed by atoms with Crippen LogP contribution in [0.3, 0.4) is 0 Å². The molecule has 0 spiro atoms. The Labute approximate surface area is 56.6 Å². The summed E-state index contributed by atoms with van der Waals surface area (Å²) in [5.41, 5.74) is 0. The standard InChI is InChI=1S/C6H5BFP/c7-9-6-3-1-2-5(8)4-6/h1-4,9H. The third kappa shape index (κ3) is 1.80. The van der Waals surface area contributed by atoms with Crippen LogP contribution < -0.4 is 5.30 Å². The summed E-state index contributed by atoms with van der Waals surface area (Å²) in [6, 6.07) is 6.31. The summed E-state index contributed by atoms with van der Waals surface area (Å²) in [6.45, 7) is 0. The van der Waals surface area contributed by atoms with E-state index >= 15 is 0 Å². The van der Waals surface area contributed by atoms with Crippen LogP contribution in [0.5, 0.6) is 0 Å². The topological polar surface area (TPSA) is 0 Å². The van der Waals surface area contributed by atoms with E-state index in [4.69, 9.17) is 7.57 Å². The Morgan fingerprint density at radius 2 is 2.22 bits per heavy atom. The zero-order valence-corrected chi connectivity index (χ0v) is 5.76. The summed E-state index contributed by atoms with van der Waals surface area (Å²) >= 11 is 0. The lowest BCUT2D eigenvalue weighted by Crippen LogP contribution is -1.92. The van der Waals surface area contributed by atoms with E-state index in [1.807, 2.05) is 6.07 Å². The fraction of sp³-hybridized carbons (Fsp3) is 0. The summed E-state index contributed by atoms with van der Waals surface area (Å²) in [5.74, 6) is -0.217. The van der Waals surface area contributed by atoms with Crippen LogP contribution >= 0.6 is 8.46 Å². The smallest absolute Gasteiger partial charge is 0.123 e. The van der Waals surface area contributed by atoms with Gasteiger partial charge in [0, 0.05) is 0 Å². The first-order valence-electron chi connectivity index (χ1n) is 2.55. The van der Waals surface area contributed by atoms with Gasteiger partial charge in [0.25, 0.3) is 0 Å². The van der Waals surface area contributed by atoms with Gasteiger partial charge in [-0.15, -0.1) is 8.46 Å². The number of benzene rings is 1. The predicted molar refractivity (Wildman–Crippen MR) is 40.1 cm³/mol. The Morgan fingerprint density at radius 1 is 1.44 bits per heavy atom. The van der Waals surface area contributed by atoms with Crippen molar-refractivity contribution in [3.63, 3.8) is 0 Å². The molecule has 1 atom stereocenters. The van der Waals surface area contributed by atoms with Gasteiger partial charge < -0.3 is 0 Å². The van der Waals surface area contributed by atoms with E-state index in [-0.39, 0.29) is 14.3 Å². The third-order valence-corrected chi connectivity index (χ3v) is 1.64. The van der Waals surface area contributed by atoms with Crippen LogP contribution in [0.4, 0.5) is 4.39 Å². The van der Waals surface area contributed by atoms with Crippen molar-refractivity contribution in [1.29, 1.82) is 0 Å². The monoisotopic (exact) mass is 138 g/mol. The van der Waals surface area contributed by atoms with Gasteiger partial charge in [-0.2, -0.15) is 0 Å². The highest BCUT2D eigenvalue weighted by molar-refractivity contribution is 7.73. The van der Waals surface area contributed by atoms with Crippen molar-refractivity contribution in [2.24, 2.45) is 0 Å². The third-order valence-electron chi connectivity index (χ3n) is 0.991. The highest BCUT2D eigenvalue weighted by atomic mass is 31.1. The normalized spacial score (nSPS) is 10.8. The maximum Gasteiger partial charge on any atom is 0.123 e. The Morgan fingerprint density at radius 3 is 2.67 bits per heavy atom. The van der Waals surface area contributed by atoms with Gasteiger partial charge in [0.15, 0.2) is 0 Å². The molecular formula is C6H5BFP. The number of hydrogen-bond donors (Lipinski definition) is 0. The average Bonchev–Trinajstić information content (AvgIpc) is 1.88. The van der Waals surface area contributed by atoms with Crippen molar-refractivity contribution >= 4 is 21.3 Å². The van der Waals surface area contributed by atoms with E-state index in [1.165, 1.54) is 12.1 Å². The first-order chi connectivity index (χ1) is 4.33. The molecule has 0 bridgehead atoms. The molecule has 0 aliphatic rings. The quantitative estimate of drug-likeness (QED) is 0.404. The van der Waals surface area contributed by atoms with Gasteiger partial charge in [-0.1, -0.05) is 12.1 Å². The van der Waals surface area contributed by atoms with E-state index in [0.717, 1.165) is 5.30 Å². The van der Waals surface area contributed by atoms with Crippen LogP contribution in [0.1, 0.15) is 0 Å². The van der Waals surface area contributed by atoms with Crippen molar-refractivity contribution in [2.75, 3.05) is 0 Å². The molecule has 1 aromatic rings. The second kappa shape index (κ2) is 2.98. The molecule has 1 rings (SSSR count). The lowest BCUT2D eigenvalue weighted by atomic mass is 10.3. The molecule has 44 valence electrons. The van der Waals surface area contributed by atoms with E-state index in [1.54, 1.807) is 6.07 Å². The molecule has 0 fully saturated rings. The van der Waals surface area contributed by atoms with Crippen LogP contribution in [0.25, 0.3) is 0 Å². The first kappa shape index (κ1) is 6.76. The van der Waals surface area contributed by atoms with Gasteiger partial charge in [0.2, 0.25) is 0 Å². The maximum atomic E-state index is 12.3. The fourth-order valence-corrected chi connectivity index (χ4v) is 0.992. The SMILES string of the molecule is [B]Pc1cccc(F)c1. The molecule has 0 aliphatic carbocycles. The van der Waals surface area contributed by atoms with E-state index in [0.29, 0.717) is 0 Å². The number of halogens is 1. The average molecular weight is 138 g/mol. The van der Waals surface area contributed by atoms with Crippen molar-refractivity contribution < 1.29 is 4.39 Å². The highest BCUT2D eigenvalue weighted by Gasteiger charge is 1.88. The molecule has 0 heterocycles. The van der Waals surface area contributed by atoms with Crippen LogP contribution in [0.15, 0.2) is 24.3 Å². The Bertz CT molecular complexity index is 202. The summed E-state index contributed by atoms with van der Waals surface area (Å²) in [4.78, 5) is 0. The molecule has 1 aromatic carbocycles. The van der Waals surface area contributed by atoms with Crippen molar-refractivity contribution in [2.45, 2.75) is 0 Å². The van der Waals surface area contributed by atoms with E-state index < -0.39 is 0 Å². The molecule has 1 unspecified atom stereocenters. The molecule has 0 saturated carbocycles. The minimum absolute atomic E-state index is 0.186. The van der Waals surface area contributed by atoms with Crippen LogP contribution in [0.2, 0.25) is 0 Å². The molecule has 0 aromatic heterocycles. The summed E-state index contributed by atoms with van der Waals surface area (Å²) in [7, 11) is 5.47. The molecule has 2 radical (unpaired) electrons. The van der Waals surface area contributed by atoms with E-state index in [9.17, 15) is 4.39 Å². The first-order valence-corrected chi connectivity index (χ1v) is 3.63. The molecular weight excluding hydrogens is 133 g/mol. The van der Waals surface area contributed by atoms with Gasteiger partial charge in [-0.05, 0) is 17.4 Å². The molecule has 0 N–H and O–H groups in total. The lowest BCUT2D eigenvalue weighted by molar-refractivity contribution is 0.629. The molecule has 3 heteroatoms. The minimum atomic E-state index is -0.217. The van der Waals surface area contributed by atoms with Crippen LogP contribution in [0, 0.1) is 5.82 Å². The second-order valence-electron chi connectivity index (χ2n) is 1.65. The minimum Gasteiger partial charge on any atom is -0.207 e. The Balaban J connectivity index is 2.94. The van der Waals surface area contributed by atoms with Gasteiger partial charge >= 0.3 is 0 Å². The van der Waals surface area contributed by atoms with Gasteiger partial charge in [0.05, 0.1) is 0 Å². The summed E-state index contributed by atoms with van der Waals surface area (Å²) in [6.07, 6.45) is 0. The number of hydrogen-bond acceptors (Lipinski definition) is 0. The fourth-order valence-electron chi connectivity index (χ4n) is 0.578. The van der Waals surface area contributed by atoms with Crippen molar-refractivity contribution in [3.05, 3.63) is 30.1 Å². The number of rotatable bonds is 1. The Hall–Kier alpha value is -0.355. The van der Waals surface area contributed by atoms with Crippen molar-refractivity contribution in [3.8, 4) is 0 Å². The lowest BCUT2D eigenvalue weighted by Gasteiger charge is -1.93. The highest BCUT2D eigenvalue weighted by Crippen LogP contribution is 2.03. The molecule has 0 amide bonds. The van der Waals surface area contributed by atoms with Crippen LogP contribution in [-0.2, 0) is 0 Å². The largest absolute Gasteiger partial charge is 0.207 e. The summed E-state index contributed by atoms with van der Waals surface area (Å²) < 4.78 is 12.3. The zero-order valence-electron chi connectivity index (χ0n) is 4.76. The van der Waals surface area contributed by atoms with Gasteiger partial charge in [-0.3, -0.25) is 0 Å². The van der Waals surface area contributed by atoms with Crippen LogP contribution in [-0.4, -0.2) is 7.57 Å². The zero-order chi connectivity index (χ0) is 6.69. The van der Waals surface area contributed by atoms with Crippen molar-refractivity contribution in [1.82, 2.24) is 0 Å². The Kier molecular flexibility index (Phi) is 2.24. The maximum absolute atomic E-state index is 12.3. The molecule has 0 aliphatic heterocycles. The summed E-state index contributed by atoms with van der Waals surface area (Å²) in [5, 5.41) is 0.856. The second-order valence-corrected chi connectivity index (χ2v) is 2.52. The van der Waals surface area contributed by atoms with Gasteiger partial charge in [-0.25, -0.2) is 4.39 Å². The molecule has 0 nitrogen and oxygen atoms in total. The van der Waals surface area contributed by atoms with E-state index in [2.05, 4.69) is 0 Å². The van der Waals surface area contributed by atoms with Gasteiger partial charge in [0.1, 0.15) is 13.4 Å². The molecule has 9 heavy (non-hydrogen) atoms. The molecule has 0 saturated heterocycles. The predicted octanol–water partition coefficient (Wildman–Crippen LogP) is 1.21.